The molecule has 1 aliphatic carbocycles. The maximum Gasteiger partial charge on any atom is 0.144 e. The Hall–Kier alpha value is -1.22. The van der Waals surface area contributed by atoms with Crippen molar-refractivity contribution in [2.75, 3.05) is 0 Å². The first kappa shape index (κ1) is 9.04. The first-order valence-electron chi connectivity index (χ1n) is 5.25. The summed E-state index contributed by atoms with van der Waals surface area (Å²) in [4.78, 5) is 9.26. The molecule has 0 N–H and O–H groups in total. The summed E-state index contributed by atoms with van der Waals surface area (Å²) in [5.41, 5.74) is 3.86. The van der Waals surface area contributed by atoms with Gasteiger partial charge in [-0.3, -0.25) is 0 Å². The number of hydrogen-bond donors (Lipinski definition) is 0. The third-order valence-corrected chi connectivity index (χ3v) is 3.69. The Kier molecular flexibility index (Phi) is 1.89. The number of nitrogens with zero attached hydrogens (tertiary/aromatic N) is 2. The van der Waals surface area contributed by atoms with E-state index in [4.69, 9.17) is 4.99 Å². The first-order valence-corrected chi connectivity index (χ1v) is 6.06. The van der Waals surface area contributed by atoms with E-state index in [9.17, 15) is 0 Å². The van der Waals surface area contributed by atoms with Crippen LogP contribution in [0.4, 0.5) is 0 Å². The topological polar surface area (TPSA) is 25.2 Å². The van der Waals surface area contributed by atoms with Gasteiger partial charge in [-0.25, -0.2) is 9.98 Å². The fraction of sp³-hybridized carbons (Fsp3) is 0.333. The van der Waals surface area contributed by atoms with Crippen molar-refractivity contribution in [3.8, 4) is 0 Å². The maximum atomic E-state index is 4.69. The van der Waals surface area contributed by atoms with Crippen LogP contribution in [0.5, 0.6) is 0 Å². The molecule has 0 fully saturated rings. The quantitative estimate of drug-likeness (QED) is 0.703. The molecular formula is C12H12N2S. The van der Waals surface area contributed by atoms with Crippen molar-refractivity contribution in [1.29, 1.82) is 0 Å². The van der Waals surface area contributed by atoms with Crippen LogP contribution in [-0.4, -0.2) is 4.98 Å². The molecule has 1 aromatic rings. The smallest absolute Gasteiger partial charge is 0.144 e. The Bertz CT molecular complexity index is 602. The predicted molar refractivity (Wildman–Crippen MR) is 62.1 cm³/mol. The van der Waals surface area contributed by atoms with E-state index in [0.717, 1.165) is 27.9 Å². The zero-order valence-electron chi connectivity index (χ0n) is 8.87. The van der Waals surface area contributed by atoms with Crippen LogP contribution in [0.3, 0.4) is 0 Å². The number of rotatable bonds is 1. The van der Waals surface area contributed by atoms with Crippen molar-refractivity contribution in [1.82, 2.24) is 4.98 Å². The molecule has 0 bridgehead atoms. The van der Waals surface area contributed by atoms with Crippen LogP contribution in [0.2, 0.25) is 0 Å². The van der Waals surface area contributed by atoms with Gasteiger partial charge in [0.05, 0.1) is 10.7 Å². The average molecular weight is 216 g/mol. The molecule has 76 valence electrons. The first-order chi connectivity index (χ1) is 7.29. The summed E-state index contributed by atoms with van der Waals surface area (Å²) in [7, 11) is 0. The normalized spacial score (nSPS) is 17.9. The molecule has 3 rings (SSSR count). The molecule has 0 radical (unpaired) electrons. The zero-order valence-corrected chi connectivity index (χ0v) is 9.69. The summed E-state index contributed by atoms with van der Waals surface area (Å²) < 4.78 is 1.10. The van der Waals surface area contributed by atoms with Crippen LogP contribution in [0, 0.1) is 6.92 Å². The van der Waals surface area contributed by atoms with Crippen LogP contribution < -0.4 is 10.0 Å². The van der Waals surface area contributed by atoms with E-state index in [1.807, 2.05) is 6.92 Å². The van der Waals surface area contributed by atoms with Crippen molar-refractivity contribution in [3.05, 3.63) is 38.4 Å². The molecule has 0 saturated carbocycles. The molecule has 0 unspecified atom stereocenters. The molecule has 0 spiro atoms. The molecular weight excluding hydrogens is 204 g/mol. The van der Waals surface area contributed by atoms with Crippen LogP contribution in [0.25, 0.3) is 5.57 Å². The van der Waals surface area contributed by atoms with Crippen molar-refractivity contribution < 1.29 is 0 Å². The lowest BCUT2D eigenvalue weighted by Crippen LogP contribution is -2.19. The highest BCUT2D eigenvalue weighted by Gasteiger charge is 2.19. The van der Waals surface area contributed by atoms with E-state index in [1.54, 1.807) is 11.3 Å². The second kappa shape index (κ2) is 3.14. The Labute approximate surface area is 92.4 Å². The standard InChI is InChI=1S/C12H12N2S/c1-3-8-5-4-6-9-10(8)14-12-11(9)13-7(2)15-12/h4-5H,3,6H2,1-2H3. The van der Waals surface area contributed by atoms with Crippen molar-refractivity contribution >= 4 is 16.9 Å². The molecule has 2 nitrogen and oxygen atoms in total. The lowest BCUT2D eigenvalue weighted by atomic mass is 9.97. The number of allylic oxidation sites excluding steroid dienone is 4. The lowest BCUT2D eigenvalue weighted by Gasteiger charge is -2.10. The Morgan fingerprint density at radius 1 is 1.47 bits per heavy atom. The highest BCUT2D eigenvalue weighted by molar-refractivity contribution is 7.09. The van der Waals surface area contributed by atoms with Gasteiger partial charge in [-0.15, -0.1) is 0 Å². The van der Waals surface area contributed by atoms with Gasteiger partial charge in [-0.05, 0) is 25.3 Å². The molecule has 2 aliphatic rings. The van der Waals surface area contributed by atoms with E-state index in [1.165, 1.54) is 16.8 Å². The van der Waals surface area contributed by atoms with Gasteiger partial charge in [0.25, 0.3) is 0 Å². The zero-order chi connectivity index (χ0) is 10.4. The second-order valence-electron chi connectivity index (χ2n) is 3.81. The van der Waals surface area contributed by atoms with Crippen molar-refractivity contribution in [2.45, 2.75) is 26.7 Å². The Balaban J connectivity index is 2.35. The van der Waals surface area contributed by atoms with Gasteiger partial charge in [0.15, 0.2) is 0 Å². The minimum Gasteiger partial charge on any atom is -0.239 e. The van der Waals surface area contributed by atoms with Gasteiger partial charge in [-0.1, -0.05) is 30.4 Å². The maximum absolute atomic E-state index is 4.69. The highest BCUT2D eigenvalue weighted by Crippen LogP contribution is 2.28. The summed E-state index contributed by atoms with van der Waals surface area (Å²) in [5, 5.41) is 2.24. The fourth-order valence-corrected chi connectivity index (χ4v) is 2.93. The van der Waals surface area contributed by atoms with Gasteiger partial charge in [0, 0.05) is 5.57 Å². The summed E-state index contributed by atoms with van der Waals surface area (Å²) in [5.74, 6) is 0. The van der Waals surface area contributed by atoms with E-state index in [2.05, 4.69) is 24.1 Å². The van der Waals surface area contributed by atoms with Gasteiger partial charge in [0.2, 0.25) is 0 Å². The van der Waals surface area contributed by atoms with Crippen LogP contribution in [-0.2, 0) is 0 Å². The largest absolute Gasteiger partial charge is 0.239 e. The fourth-order valence-electron chi connectivity index (χ4n) is 2.11. The second-order valence-corrected chi connectivity index (χ2v) is 4.99. The number of aryl methyl sites for hydroxylation is 1. The van der Waals surface area contributed by atoms with Gasteiger partial charge >= 0.3 is 0 Å². The molecule has 0 saturated heterocycles. The van der Waals surface area contributed by atoms with Crippen LogP contribution in [0.15, 0.2) is 28.4 Å². The highest BCUT2D eigenvalue weighted by atomic mass is 32.1. The van der Waals surface area contributed by atoms with E-state index < -0.39 is 0 Å². The van der Waals surface area contributed by atoms with Gasteiger partial charge in [-0.2, -0.15) is 0 Å². The molecule has 15 heavy (non-hydrogen) atoms. The summed E-state index contributed by atoms with van der Waals surface area (Å²) in [6, 6.07) is 0. The molecule has 2 heterocycles. The van der Waals surface area contributed by atoms with Crippen LogP contribution >= 0.6 is 11.3 Å². The Morgan fingerprint density at radius 2 is 2.33 bits per heavy atom. The Morgan fingerprint density at radius 3 is 3.13 bits per heavy atom. The monoisotopic (exact) mass is 216 g/mol. The van der Waals surface area contributed by atoms with Crippen LogP contribution in [0.1, 0.15) is 24.8 Å². The number of fused-ring (bicyclic) bond motifs is 2. The number of aromatic nitrogens is 1. The molecule has 1 aromatic heterocycles. The van der Waals surface area contributed by atoms with E-state index in [-0.39, 0.29) is 0 Å². The van der Waals surface area contributed by atoms with Crippen molar-refractivity contribution in [3.63, 3.8) is 0 Å². The van der Waals surface area contributed by atoms with Gasteiger partial charge < -0.3 is 0 Å². The molecule has 1 aliphatic heterocycles. The molecule has 3 heteroatoms. The SMILES string of the molecule is CCC1=C2N=c3sc(C)nc3=C2CC=C1. The van der Waals surface area contributed by atoms with E-state index in [0.29, 0.717) is 0 Å². The average Bonchev–Trinajstić information content (AvgIpc) is 2.73. The predicted octanol–water partition coefficient (Wildman–Crippen LogP) is 1.86. The summed E-state index contributed by atoms with van der Waals surface area (Å²) in [6.07, 6.45) is 6.45. The van der Waals surface area contributed by atoms with E-state index >= 15 is 0 Å². The number of thiazole rings is 1. The third kappa shape index (κ3) is 1.23. The summed E-state index contributed by atoms with van der Waals surface area (Å²) >= 11 is 1.69. The lowest BCUT2D eigenvalue weighted by molar-refractivity contribution is 1.08. The number of hydrogen-bond acceptors (Lipinski definition) is 3. The minimum atomic E-state index is 0.985. The minimum absolute atomic E-state index is 0.985. The van der Waals surface area contributed by atoms with Gasteiger partial charge in [0.1, 0.15) is 10.0 Å². The molecule has 0 amide bonds. The van der Waals surface area contributed by atoms with Crippen molar-refractivity contribution in [2.24, 2.45) is 4.99 Å². The third-order valence-electron chi connectivity index (χ3n) is 2.83. The molecule has 0 atom stereocenters. The molecule has 0 aromatic carbocycles. The summed E-state index contributed by atoms with van der Waals surface area (Å²) in [6.45, 7) is 4.22.